The molecular formula is C10H11BrO3S. The van der Waals surface area contributed by atoms with Crippen LogP contribution in [0.5, 0.6) is 0 Å². The van der Waals surface area contributed by atoms with Crippen LogP contribution in [0.4, 0.5) is 0 Å². The highest BCUT2D eigenvalue weighted by Gasteiger charge is 2.40. The van der Waals surface area contributed by atoms with E-state index in [0.717, 1.165) is 6.26 Å². The number of sulfone groups is 1. The summed E-state index contributed by atoms with van der Waals surface area (Å²) in [6.45, 7) is 1.34. The first kappa shape index (κ1) is 12.4. The molecule has 0 saturated carbocycles. The second-order valence-corrected chi connectivity index (χ2v) is 7.86. The van der Waals surface area contributed by atoms with Crippen LogP contribution in [0.15, 0.2) is 30.3 Å². The van der Waals surface area contributed by atoms with Crippen molar-refractivity contribution in [3.63, 3.8) is 0 Å². The fourth-order valence-corrected chi connectivity index (χ4v) is 1.70. The van der Waals surface area contributed by atoms with Gasteiger partial charge >= 0.3 is 0 Å². The highest BCUT2D eigenvalue weighted by atomic mass is 79.9. The molecule has 5 heteroatoms. The molecule has 0 saturated heterocycles. The van der Waals surface area contributed by atoms with Crippen molar-refractivity contribution in [2.75, 3.05) is 6.26 Å². The lowest BCUT2D eigenvalue weighted by molar-refractivity contribution is 0.0983. The lowest BCUT2D eigenvalue weighted by atomic mass is 10.1. The molecule has 0 aliphatic carbocycles. The SMILES string of the molecule is C[C@@](Br)(C(=O)c1ccccc1)S(C)(=O)=O. The standard InChI is InChI=1S/C10H11BrO3S/c1-10(11,15(2,13)14)9(12)8-6-4-3-5-7-8/h3-7H,1-2H3/t10-/m0/s1. The molecule has 0 fully saturated rings. The van der Waals surface area contributed by atoms with Crippen molar-refractivity contribution in [2.24, 2.45) is 0 Å². The molecule has 0 aliphatic rings. The Morgan fingerprint density at radius 1 is 1.27 bits per heavy atom. The molecule has 0 bridgehead atoms. The summed E-state index contributed by atoms with van der Waals surface area (Å²) in [5.74, 6) is -0.453. The van der Waals surface area contributed by atoms with E-state index in [-0.39, 0.29) is 0 Å². The van der Waals surface area contributed by atoms with Crippen molar-refractivity contribution in [2.45, 2.75) is 10.6 Å². The molecule has 0 unspecified atom stereocenters. The van der Waals surface area contributed by atoms with Gasteiger partial charge in [-0.15, -0.1) is 0 Å². The third kappa shape index (κ3) is 2.46. The minimum Gasteiger partial charge on any atom is -0.291 e. The molecule has 1 aromatic carbocycles. The molecule has 0 spiro atoms. The first-order valence-electron chi connectivity index (χ1n) is 4.25. The summed E-state index contributed by atoms with van der Waals surface area (Å²) < 4.78 is 21.2. The Bertz CT molecular complexity index is 463. The van der Waals surface area contributed by atoms with Gasteiger partial charge in [-0.05, 0) is 6.92 Å². The van der Waals surface area contributed by atoms with Crippen LogP contribution in [0.2, 0.25) is 0 Å². The minimum atomic E-state index is -3.48. The van der Waals surface area contributed by atoms with Crippen molar-refractivity contribution >= 4 is 31.6 Å². The molecule has 0 N–H and O–H groups in total. The van der Waals surface area contributed by atoms with Gasteiger partial charge in [0.05, 0.1) is 0 Å². The van der Waals surface area contributed by atoms with E-state index < -0.39 is 19.3 Å². The predicted octanol–water partition coefficient (Wildman–Crippen LogP) is 2.02. The Hall–Kier alpha value is -0.680. The molecule has 0 aliphatic heterocycles. The molecule has 82 valence electrons. The maximum Gasteiger partial charge on any atom is 0.194 e. The van der Waals surface area contributed by atoms with E-state index in [2.05, 4.69) is 15.9 Å². The van der Waals surface area contributed by atoms with Gasteiger partial charge in [-0.2, -0.15) is 0 Å². The third-order valence-electron chi connectivity index (χ3n) is 2.14. The van der Waals surface area contributed by atoms with Crippen LogP contribution in [0.1, 0.15) is 17.3 Å². The second-order valence-electron chi connectivity index (χ2n) is 3.38. The van der Waals surface area contributed by atoms with Crippen molar-refractivity contribution in [3.05, 3.63) is 35.9 Å². The fourth-order valence-electron chi connectivity index (χ4n) is 1.02. The van der Waals surface area contributed by atoms with E-state index in [1.807, 2.05) is 0 Å². The zero-order valence-corrected chi connectivity index (χ0v) is 10.8. The van der Waals surface area contributed by atoms with Crippen molar-refractivity contribution < 1.29 is 13.2 Å². The van der Waals surface area contributed by atoms with Gasteiger partial charge in [-0.3, -0.25) is 4.79 Å². The number of alkyl halides is 1. The Balaban J connectivity index is 3.17. The monoisotopic (exact) mass is 290 g/mol. The first-order valence-corrected chi connectivity index (χ1v) is 6.93. The number of rotatable bonds is 3. The maximum absolute atomic E-state index is 11.9. The zero-order valence-electron chi connectivity index (χ0n) is 8.40. The summed E-state index contributed by atoms with van der Waals surface area (Å²) in [7, 11) is -3.48. The number of hydrogen-bond acceptors (Lipinski definition) is 3. The molecule has 3 nitrogen and oxygen atoms in total. The van der Waals surface area contributed by atoms with E-state index in [4.69, 9.17) is 0 Å². The van der Waals surface area contributed by atoms with E-state index in [9.17, 15) is 13.2 Å². The molecule has 0 heterocycles. The number of benzene rings is 1. The van der Waals surface area contributed by atoms with Crippen LogP contribution in [-0.4, -0.2) is 24.1 Å². The Labute approximate surface area is 97.5 Å². The highest BCUT2D eigenvalue weighted by molar-refractivity contribution is 9.12. The average Bonchev–Trinajstić information content (AvgIpc) is 2.16. The number of Topliss-reactive ketones (excluding diaryl/α,β-unsaturated/α-hetero) is 1. The summed E-state index contributed by atoms with van der Waals surface area (Å²) in [5, 5.41) is 0. The van der Waals surface area contributed by atoms with Gasteiger partial charge in [0.2, 0.25) is 0 Å². The highest BCUT2D eigenvalue weighted by Crippen LogP contribution is 2.28. The quantitative estimate of drug-likeness (QED) is 0.632. The molecule has 0 radical (unpaired) electrons. The third-order valence-corrected chi connectivity index (χ3v) is 5.84. The first-order chi connectivity index (χ1) is 6.77. The summed E-state index contributed by atoms with van der Waals surface area (Å²) in [6, 6.07) is 8.33. The van der Waals surface area contributed by atoms with Gasteiger partial charge < -0.3 is 0 Å². The number of halogens is 1. The van der Waals surface area contributed by atoms with Crippen molar-refractivity contribution in [1.29, 1.82) is 0 Å². The van der Waals surface area contributed by atoms with E-state index >= 15 is 0 Å². The van der Waals surface area contributed by atoms with Gasteiger partial charge in [0.1, 0.15) is 0 Å². The minimum absolute atomic E-state index is 0.377. The van der Waals surface area contributed by atoms with Crippen molar-refractivity contribution in [1.82, 2.24) is 0 Å². The van der Waals surface area contributed by atoms with E-state index in [1.165, 1.54) is 6.92 Å². The smallest absolute Gasteiger partial charge is 0.194 e. The average molecular weight is 291 g/mol. The van der Waals surface area contributed by atoms with Crippen LogP contribution < -0.4 is 0 Å². The zero-order chi connectivity index (χ0) is 11.7. The predicted molar refractivity (Wildman–Crippen MR) is 62.9 cm³/mol. The summed E-state index contributed by atoms with van der Waals surface area (Å²) >= 11 is 2.97. The molecule has 1 atom stereocenters. The normalized spacial score (nSPS) is 15.7. The number of hydrogen-bond donors (Lipinski definition) is 0. The van der Waals surface area contributed by atoms with Crippen molar-refractivity contribution in [3.8, 4) is 0 Å². The lowest BCUT2D eigenvalue weighted by Gasteiger charge is -2.18. The topological polar surface area (TPSA) is 51.2 Å². The summed E-state index contributed by atoms with van der Waals surface area (Å²) in [5.41, 5.74) is 0.377. The number of carbonyl (C=O) groups is 1. The number of ketones is 1. The lowest BCUT2D eigenvalue weighted by Crippen LogP contribution is -2.36. The maximum atomic E-state index is 11.9. The number of carbonyl (C=O) groups excluding carboxylic acids is 1. The molecule has 1 rings (SSSR count). The summed E-state index contributed by atoms with van der Waals surface area (Å²) in [6.07, 6.45) is 1.03. The van der Waals surface area contributed by atoms with Gasteiger partial charge in [0.25, 0.3) is 0 Å². The molecule has 15 heavy (non-hydrogen) atoms. The van der Waals surface area contributed by atoms with Gasteiger partial charge in [0, 0.05) is 11.8 Å². The van der Waals surface area contributed by atoms with Crippen LogP contribution in [0.3, 0.4) is 0 Å². The molecule has 0 aromatic heterocycles. The van der Waals surface area contributed by atoms with Crippen LogP contribution in [-0.2, 0) is 9.84 Å². The second kappa shape index (κ2) is 4.06. The van der Waals surface area contributed by atoms with Gasteiger partial charge in [-0.25, -0.2) is 8.42 Å². The van der Waals surface area contributed by atoms with Crippen LogP contribution in [0.25, 0.3) is 0 Å². The fraction of sp³-hybridized carbons (Fsp3) is 0.300. The molecule has 1 aromatic rings. The van der Waals surface area contributed by atoms with E-state index in [1.54, 1.807) is 30.3 Å². The van der Waals surface area contributed by atoms with Gasteiger partial charge in [0.15, 0.2) is 19.3 Å². The van der Waals surface area contributed by atoms with Crippen LogP contribution >= 0.6 is 15.9 Å². The molecular weight excluding hydrogens is 280 g/mol. The Morgan fingerprint density at radius 3 is 2.13 bits per heavy atom. The van der Waals surface area contributed by atoms with E-state index in [0.29, 0.717) is 5.56 Å². The largest absolute Gasteiger partial charge is 0.291 e. The Morgan fingerprint density at radius 2 is 1.73 bits per heavy atom. The molecule has 0 amide bonds. The summed E-state index contributed by atoms with van der Waals surface area (Å²) in [4.78, 5) is 11.9. The van der Waals surface area contributed by atoms with Crippen LogP contribution in [0, 0.1) is 0 Å². The Kier molecular flexibility index (Phi) is 3.35. The van der Waals surface area contributed by atoms with Gasteiger partial charge in [-0.1, -0.05) is 46.3 Å².